The van der Waals surface area contributed by atoms with E-state index in [4.69, 9.17) is 4.74 Å². The molecule has 1 aromatic carbocycles. The zero-order valence-electron chi connectivity index (χ0n) is 12.8. The third-order valence-electron chi connectivity index (χ3n) is 2.75. The Morgan fingerprint density at radius 3 is 2.36 bits per heavy atom. The molecule has 0 unspecified atom stereocenters. The average Bonchev–Trinajstić information content (AvgIpc) is 2.50. The summed E-state index contributed by atoms with van der Waals surface area (Å²) in [7, 11) is 1.23. The molecule has 22 heavy (non-hydrogen) atoms. The van der Waals surface area contributed by atoms with Crippen molar-refractivity contribution in [1.82, 2.24) is 10.6 Å². The molecule has 0 saturated carbocycles. The number of benzene rings is 1. The van der Waals surface area contributed by atoms with Gasteiger partial charge in [-0.05, 0) is 19.4 Å². The Bertz CT molecular complexity index is 528. The molecule has 0 atom stereocenters. The number of hydrogen-bond acceptors (Lipinski definition) is 5. The van der Waals surface area contributed by atoms with Gasteiger partial charge in [-0.25, -0.2) is 9.59 Å². The lowest BCUT2D eigenvalue weighted by molar-refractivity contribution is -0.149. The van der Waals surface area contributed by atoms with E-state index in [0.717, 1.165) is 5.56 Å². The smallest absolute Gasteiger partial charge is 0.407 e. The first kappa shape index (κ1) is 17.5. The molecule has 0 aromatic heterocycles. The van der Waals surface area contributed by atoms with Crippen molar-refractivity contribution in [2.45, 2.75) is 26.0 Å². The maximum atomic E-state index is 11.7. The number of hydrogen-bond donors (Lipinski definition) is 2. The lowest BCUT2D eigenvalue weighted by Gasteiger charge is -2.23. The molecule has 0 heterocycles. The zero-order valence-corrected chi connectivity index (χ0v) is 12.8. The molecule has 7 nitrogen and oxygen atoms in total. The standard InChI is InChI=1S/C15H20N2O5/c1-15(2,13(19)21-3)17-12(18)9-16-14(20)22-10-11-7-5-4-6-8-11/h4-8H,9-10H2,1-3H3,(H,16,20)(H,17,18). The first-order valence-corrected chi connectivity index (χ1v) is 6.69. The maximum absolute atomic E-state index is 11.7. The van der Waals surface area contributed by atoms with Crippen LogP contribution in [0, 0.1) is 0 Å². The number of methoxy groups -OCH3 is 1. The van der Waals surface area contributed by atoms with E-state index >= 15 is 0 Å². The van der Waals surface area contributed by atoms with Gasteiger partial charge in [0.15, 0.2) is 0 Å². The van der Waals surface area contributed by atoms with Crippen LogP contribution in [0.5, 0.6) is 0 Å². The van der Waals surface area contributed by atoms with Crippen molar-refractivity contribution in [3.8, 4) is 0 Å². The number of ether oxygens (including phenoxy) is 2. The molecule has 120 valence electrons. The summed E-state index contributed by atoms with van der Waals surface area (Å²) in [5.41, 5.74) is -0.324. The lowest BCUT2D eigenvalue weighted by Crippen LogP contribution is -2.53. The first-order chi connectivity index (χ1) is 10.3. The van der Waals surface area contributed by atoms with E-state index < -0.39 is 23.5 Å². The first-order valence-electron chi connectivity index (χ1n) is 6.69. The summed E-state index contributed by atoms with van der Waals surface area (Å²) in [5, 5.41) is 4.76. The molecule has 0 saturated heterocycles. The van der Waals surface area contributed by atoms with Crippen LogP contribution in [-0.4, -0.2) is 37.2 Å². The van der Waals surface area contributed by atoms with Gasteiger partial charge in [0, 0.05) is 0 Å². The summed E-state index contributed by atoms with van der Waals surface area (Å²) >= 11 is 0. The fraction of sp³-hybridized carbons (Fsp3) is 0.400. The largest absolute Gasteiger partial charge is 0.467 e. The van der Waals surface area contributed by atoms with Gasteiger partial charge in [-0.3, -0.25) is 4.79 Å². The Hall–Kier alpha value is -2.57. The van der Waals surface area contributed by atoms with Crippen LogP contribution in [0.4, 0.5) is 4.79 Å². The lowest BCUT2D eigenvalue weighted by atomic mass is 10.1. The molecule has 2 amide bonds. The minimum absolute atomic E-state index is 0.113. The van der Waals surface area contributed by atoms with Crippen molar-refractivity contribution in [2.24, 2.45) is 0 Å². The minimum Gasteiger partial charge on any atom is -0.467 e. The van der Waals surface area contributed by atoms with Gasteiger partial charge in [-0.2, -0.15) is 0 Å². The van der Waals surface area contributed by atoms with E-state index in [1.807, 2.05) is 30.3 Å². The SMILES string of the molecule is COC(=O)C(C)(C)NC(=O)CNC(=O)OCc1ccccc1. The number of esters is 1. The van der Waals surface area contributed by atoms with Gasteiger partial charge in [0.25, 0.3) is 0 Å². The molecule has 0 aliphatic carbocycles. The highest BCUT2D eigenvalue weighted by Gasteiger charge is 2.30. The van der Waals surface area contributed by atoms with Crippen molar-refractivity contribution < 1.29 is 23.9 Å². The topological polar surface area (TPSA) is 93.7 Å². The molecule has 0 aliphatic heterocycles. The number of rotatable bonds is 6. The van der Waals surface area contributed by atoms with E-state index in [1.165, 1.54) is 21.0 Å². The summed E-state index contributed by atoms with van der Waals surface area (Å²) < 4.78 is 9.52. The van der Waals surface area contributed by atoms with Crippen LogP contribution in [0.1, 0.15) is 19.4 Å². The number of carbonyl (C=O) groups is 3. The third kappa shape index (κ3) is 5.82. The van der Waals surface area contributed by atoms with E-state index in [1.54, 1.807) is 0 Å². The quantitative estimate of drug-likeness (QED) is 0.764. The van der Waals surface area contributed by atoms with Crippen LogP contribution in [0.2, 0.25) is 0 Å². The average molecular weight is 308 g/mol. The van der Waals surface area contributed by atoms with Gasteiger partial charge >= 0.3 is 12.1 Å². The second-order valence-corrected chi connectivity index (χ2v) is 5.08. The number of nitrogens with one attached hydrogen (secondary N) is 2. The number of amides is 2. The van der Waals surface area contributed by atoms with Crippen LogP contribution in [0.3, 0.4) is 0 Å². The monoisotopic (exact) mass is 308 g/mol. The molecule has 0 spiro atoms. The normalized spacial score (nSPS) is 10.5. The summed E-state index contributed by atoms with van der Waals surface area (Å²) in [6, 6.07) is 9.16. The van der Waals surface area contributed by atoms with Gasteiger partial charge in [0.2, 0.25) is 5.91 Å². The van der Waals surface area contributed by atoms with Gasteiger partial charge in [0.05, 0.1) is 7.11 Å². The molecule has 1 aromatic rings. The Labute approximate surface area is 129 Å². The van der Waals surface area contributed by atoms with Gasteiger partial charge in [-0.15, -0.1) is 0 Å². The van der Waals surface area contributed by atoms with E-state index in [0.29, 0.717) is 0 Å². The Morgan fingerprint density at radius 1 is 1.14 bits per heavy atom. The molecular weight excluding hydrogens is 288 g/mol. The van der Waals surface area contributed by atoms with Crippen molar-refractivity contribution in [2.75, 3.05) is 13.7 Å². The van der Waals surface area contributed by atoms with E-state index in [2.05, 4.69) is 15.4 Å². The molecule has 0 aliphatic rings. The van der Waals surface area contributed by atoms with Crippen LogP contribution in [0.15, 0.2) is 30.3 Å². The molecule has 2 N–H and O–H groups in total. The van der Waals surface area contributed by atoms with Crippen LogP contribution in [-0.2, 0) is 25.7 Å². The molecule has 7 heteroatoms. The molecular formula is C15H20N2O5. The summed E-state index contributed by atoms with van der Waals surface area (Å²) in [4.78, 5) is 34.6. The number of carbonyl (C=O) groups excluding carboxylic acids is 3. The van der Waals surface area contributed by atoms with Crippen molar-refractivity contribution in [1.29, 1.82) is 0 Å². The molecule has 0 fully saturated rings. The van der Waals surface area contributed by atoms with Crippen LogP contribution < -0.4 is 10.6 Å². The predicted molar refractivity (Wildman–Crippen MR) is 78.9 cm³/mol. The highest BCUT2D eigenvalue weighted by Crippen LogP contribution is 2.04. The highest BCUT2D eigenvalue weighted by molar-refractivity contribution is 5.89. The van der Waals surface area contributed by atoms with Crippen LogP contribution in [0.25, 0.3) is 0 Å². The fourth-order valence-corrected chi connectivity index (χ4v) is 1.63. The summed E-state index contributed by atoms with van der Waals surface area (Å²) in [5.74, 6) is -1.10. The number of alkyl carbamates (subject to hydrolysis) is 1. The zero-order chi connectivity index (χ0) is 16.6. The second-order valence-electron chi connectivity index (χ2n) is 5.08. The highest BCUT2D eigenvalue weighted by atomic mass is 16.5. The summed E-state index contributed by atoms with van der Waals surface area (Å²) in [6.07, 6.45) is -0.713. The predicted octanol–water partition coefficient (Wildman–Crippen LogP) is 0.981. The summed E-state index contributed by atoms with van der Waals surface area (Å²) in [6.45, 7) is 2.82. The Balaban J connectivity index is 2.32. The third-order valence-corrected chi connectivity index (χ3v) is 2.75. The molecule has 0 bridgehead atoms. The Morgan fingerprint density at radius 2 is 1.77 bits per heavy atom. The second kappa shape index (κ2) is 8.02. The van der Waals surface area contributed by atoms with Crippen molar-refractivity contribution >= 4 is 18.0 Å². The van der Waals surface area contributed by atoms with Gasteiger partial charge < -0.3 is 20.1 Å². The minimum atomic E-state index is -1.17. The van der Waals surface area contributed by atoms with Crippen LogP contribution >= 0.6 is 0 Å². The van der Waals surface area contributed by atoms with Gasteiger partial charge in [-0.1, -0.05) is 30.3 Å². The van der Waals surface area contributed by atoms with Crippen molar-refractivity contribution in [3.63, 3.8) is 0 Å². The van der Waals surface area contributed by atoms with E-state index in [-0.39, 0.29) is 13.2 Å². The fourth-order valence-electron chi connectivity index (χ4n) is 1.63. The maximum Gasteiger partial charge on any atom is 0.407 e. The van der Waals surface area contributed by atoms with Crippen molar-refractivity contribution in [3.05, 3.63) is 35.9 Å². The van der Waals surface area contributed by atoms with E-state index in [9.17, 15) is 14.4 Å². The van der Waals surface area contributed by atoms with Gasteiger partial charge in [0.1, 0.15) is 18.7 Å². The molecule has 0 radical (unpaired) electrons. The Kier molecular flexibility index (Phi) is 6.37. The molecule has 1 rings (SSSR count).